The number of fused-ring (bicyclic) bond motifs is 9. The van der Waals surface area contributed by atoms with Gasteiger partial charge in [-0.05, 0) is 111 Å². The number of benzene rings is 10. The molecule has 0 amide bonds. The summed E-state index contributed by atoms with van der Waals surface area (Å²) < 4.78 is 142. The molecule has 0 radical (unpaired) electrons. The Kier molecular flexibility index (Phi) is 3.70. The van der Waals surface area contributed by atoms with Gasteiger partial charge >= 0.3 is 0 Å². The zero-order chi connectivity index (χ0) is 46.5. The predicted molar refractivity (Wildman–Crippen MR) is 218 cm³/mol. The van der Waals surface area contributed by atoms with Crippen molar-refractivity contribution in [2.24, 2.45) is 0 Å². The fraction of sp³-hybridized carbons (Fsp3) is 0. The highest BCUT2D eigenvalue weighted by Gasteiger charge is 2.19. The summed E-state index contributed by atoms with van der Waals surface area (Å²) in [5.74, 6) is 0. The van der Waals surface area contributed by atoms with Crippen molar-refractivity contribution in [3.63, 3.8) is 0 Å². The van der Waals surface area contributed by atoms with Crippen LogP contribution >= 0.6 is 0 Å². The molecule has 0 aliphatic carbocycles. The molecule has 0 aliphatic rings. The smallest absolute Gasteiger partial charge is 0.136 e. The third-order valence-corrected chi connectivity index (χ3v) is 9.72. The number of hydrogen-bond acceptors (Lipinski definition) is 1. The summed E-state index contributed by atoms with van der Waals surface area (Å²) in [6, 6.07) is 19.0. The minimum absolute atomic E-state index is 0.0439. The Morgan fingerprint density at radius 3 is 1.86 bits per heavy atom. The molecule has 0 unspecified atom stereocenters. The highest BCUT2D eigenvalue weighted by molar-refractivity contribution is 6.25. The summed E-state index contributed by atoms with van der Waals surface area (Å²) in [7, 11) is 0. The molecule has 236 valence electrons. The topological polar surface area (TPSA) is 13.1 Å². The SMILES string of the molecule is [2H]c1c([2H])c([2H])c2c([2H])c(-c3c4c([2H])c([2H])c([2H])c([2H])c4c(-c4cccc5cc(-c6cccc7oc8ccc9ccccc9c8c67)ccc45)c4c([2H])c([2H])c([2H])c([2H])c34)c([2H])c([2H])c2c1[2H]. The molecule has 1 aromatic heterocycles. The molecule has 0 saturated carbocycles. The zero-order valence-electron chi connectivity index (χ0n) is 41.6. The lowest BCUT2D eigenvalue weighted by atomic mass is 9.84. The second-order valence-electron chi connectivity index (χ2n) is 12.4. The largest absolute Gasteiger partial charge is 0.456 e. The van der Waals surface area contributed by atoms with E-state index in [9.17, 15) is 8.22 Å². The van der Waals surface area contributed by atoms with E-state index >= 15 is 0 Å². The first-order valence-electron chi connectivity index (χ1n) is 23.9. The summed E-state index contributed by atoms with van der Waals surface area (Å²) in [4.78, 5) is 0. The molecule has 0 aliphatic heterocycles. The van der Waals surface area contributed by atoms with Crippen LogP contribution in [-0.2, 0) is 0 Å². The first-order chi connectivity index (χ1) is 31.5. The summed E-state index contributed by atoms with van der Waals surface area (Å²) >= 11 is 0. The second-order valence-corrected chi connectivity index (χ2v) is 12.4. The lowest BCUT2D eigenvalue weighted by Crippen LogP contribution is -1.92. The van der Waals surface area contributed by atoms with Crippen molar-refractivity contribution in [2.45, 2.75) is 0 Å². The normalized spacial score (nSPS) is 16.0. The molecule has 0 saturated heterocycles. The van der Waals surface area contributed by atoms with Gasteiger partial charge in [0.25, 0.3) is 0 Å². The summed E-state index contributed by atoms with van der Waals surface area (Å²) in [6.07, 6.45) is 0. The van der Waals surface area contributed by atoms with Gasteiger partial charge in [0.1, 0.15) is 11.2 Å². The van der Waals surface area contributed by atoms with Crippen molar-refractivity contribution < 1.29 is 25.0 Å². The van der Waals surface area contributed by atoms with Crippen molar-refractivity contribution in [2.75, 3.05) is 0 Å². The quantitative estimate of drug-likeness (QED) is 0.172. The summed E-state index contributed by atoms with van der Waals surface area (Å²) in [5.41, 5.74) is 2.71. The fourth-order valence-electron chi connectivity index (χ4n) is 7.55. The van der Waals surface area contributed by atoms with Gasteiger partial charge in [-0.1, -0.05) is 157 Å². The Bertz CT molecular complexity index is 3980. The molecule has 0 fully saturated rings. The van der Waals surface area contributed by atoms with Gasteiger partial charge in [0.15, 0.2) is 0 Å². The first kappa shape index (κ1) is 17.3. The Morgan fingerprint density at radius 2 is 1.04 bits per heavy atom. The van der Waals surface area contributed by atoms with E-state index in [4.69, 9.17) is 16.8 Å². The van der Waals surface area contributed by atoms with E-state index in [1.807, 2.05) is 72.8 Å². The molecule has 11 aromatic rings. The Hall–Kier alpha value is -6.70. The van der Waals surface area contributed by atoms with Crippen molar-refractivity contribution in [1.82, 2.24) is 0 Å². The maximum atomic E-state index is 9.51. The van der Waals surface area contributed by atoms with Crippen molar-refractivity contribution in [3.8, 4) is 33.4 Å². The maximum Gasteiger partial charge on any atom is 0.136 e. The molecular weight excluding hydrogens is 617 g/mol. The molecule has 1 nitrogen and oxygen atoms in total. The van der Waals surface area contributed by atoms with E-state index in [-0.39, 0.29) is 32.7 Å². The van der Waals surface area contributed by atoms with Crippen LogP contribution in [0.15, 0.2) is 186 Å². The zero-order valence-corrected chi connectivity index (χ0v) is 26.6. The van der Waals surface area contributed by atoms with E-state index in [2.05, 4.69) is 6.07 Å². The van der Waals surface area contributed by atoms with Gasteiger partial charge in [-0.25, -0.2) is 0 Å². The summed E-state index contributed by atoms with van der Waals surface area (Å²) in [6.45, 7) is 0. The average Bonchev–Trinajstić information content (AvgIpc) is 3.72. The highest BCUT2D eigenvalue weighted by atomic mass is 16.3. The van der Waals surface area contributed by atoms with Gasteiger partial charge in [0, 0.05) is 10.8 Å². The third-order valence-electron chi connectivity index (χ3n) is 9.72. The maximum absolute atomic E-state index is 9.51. The minimum atomic E-state index is -0.737. The van der Waals surface area contributed by atoms with Crippen molar-refractivity contribution in [3.05, 3.63) is 182 Å². The van der Waals surface area contributed by atoms with E-state index in [1.165, 1.54) is 0 Å². The lowest BCUT2D eigenvalue weighted by molar-refractivity contribution is 0.669. The predicted octanol–water partition coefficient (Wildman–Crippen LogP) is 14.4. The molecule has 1 heterocycles. The summed E-state index contributed by atoms with van der Waals surface area (Å²) in [5, 5.41) is 3.45. The van der Waals surface area contributed by atoms with Crippen LogP contribution in [0.25, 0.3) is 109 Å². The molecule has 0 N–H and O–H groups in total. The standard InChI is InChI=1S/C50H30O/c1-2-13-33-29-36(24-23-31(33)11-1)47-41-16-5-7-18-43(41)48(44-19-8-6-17-42(44)47)40-21-9-14-34-30-35(25-27-37(34)40)39-20-10-22-45-50(39)49-38-15-4-3-12-32(38)26-28-46(49)51-45/h1-30H/i1D,2D,5D,6D,7D,8D,11D,13D,16D,17D,18D,19D,23D,24D,29D. The molecule has 0 bridgehead atoms. The van der Waals surface area contributed by atoms with Crippen LogP contribution in [0, 0.1) is 0 Å². The van der Waals surface area contributed by atoms with Crippen LogP contribution < -0.4 is 0 Å². The first-order valence-corrected chi connectivity index (χ1v) is 16.4. The van der Waals surface area contributed by atoms with Crippen LogP contribution in [0.4, 0.5) is 0 Å². The van der Waals surface area contributed by atoms with E-state index in [0.717, 1.165) is 38.3 Å². The molecule has 0 atom stereocenters. The van der Waals surface area contributed by atoms with Gasteiger partial charge in [0.2, 0.25) is 0 Å². The molecular formula is C50H30O. The molecule has 0 spiro atoms. The molecule has 10 aromatic carbocycles. The van der Waals surface area contributed by atoms with Crippen LogP contribution in [-0.4, -0.2) is 0 Å². The van der Waals surface area contributed by atoms with Crippen LogP contribution in [0.5, 0.6) is 0 Å². The molecule has 11 rings (SSSR count). The van der Waals surface area contributed by atoms with Gasteiger partial charge in [-0.2, -0.15) is 0 Å². The number of rotatable bonds is 3. The number of furan rings is 1. The number of hydrogen-bond donors (Lipinski definition) is 0. The third kappa shape index (κ3) is 4.22. The van der Waals surface area contributed by atoms with Crippen molar-refractivity contribution in [1.29, 1.82) is 0 Å². The van der Waals surface area contributed by atoms with E-state index < -0.39 is 107 Å². The van der Waals surface area contributed by atoms with Crippen LogP contribution in [0.1, 0.15) is 20.6 Å². The van der Waals surface area contributed by atoms with E-state index in [0.29, 0.717) is 21.9 Å². The highest BCUT2D eigenvalue weighted by Crippen LogP contribution is 2.46. The van der Waals surface area contributed by atoms with Crippen LogP contribution in [0.2, 0.25) is 0 Å². The molecule has 1 heteroatoms. The average molecular weight is 662 g/mol. The van der Waals surface area contributed by atoms with Crippen LogP contribution in [0.3, 0.4) is 0 Å². The monoisotopic (exact) mass is 661 g/mol. The van der Waals surface area contributed by atoms with Gasteiger partial charge in [0.05, 0.1) is 20.6 Å². The Labute approximate surface area is 315 Å². The van der Waals surface area contributed by atoms with Crippen molar-refractivity contribution >= 4 is 75.8 Å². The van der Waals surface area contributed by atoms with Gasteiger partial charge < -0.3 is 4.42 Å². The fourth-order valence-corrected chi connectivity index (χ4v) is 7.55. The Balaban J connectivity index is 1.29. The molecule has 51 heavy (non-hydrogen) atoms. The van der Waals surface area contributed by atoms with Gasteiger partial charge in [-0.15, -0.1) is 0 Å². The van der Waals surface area contributed by atoms with Gasteiger partial charge in [-0.3, -0.25) is 0 Å². The van der Waals surface area contributed by atoms with E-state index in [1.54, 1.807) is 12.1 Å². The minimum Gasteiger partial charge on any atom is -0.456 e. The Morgan fingerprint density at radius 1 is 0.373 bits per heavy atom. The lowest BCUT2D eigenvalue weighted by Gasteiger charge is -2.19. The second kappa shape index (κ2) is 10.9.